The molecule has 0 bridgehead atoms. The summed E-state index contributed by atoms with van der Waals surface area (Å²) >= 11 is 0. The van der Waals surface area contributed by atoms with E-state index >= 15 is 0 Å². The standard InChI is InChI=1S/C10H16N2O/c1-12(2)10-5-6-11-8-9(10)4-3-7-13/h5-6,8,13H,3-4,7H2,1-2H3. The quantitative estimate of drug-likeness (QED) is 0.753. The molecule has 1 rings (SSSR count). The van der Waals surface area contributed by atoms with E-state index in [1.54, 1.807) is 6.20 Å². The molecule has 1 aromatic rings. The van der Waals surface area contributed by atoms with Crippen molar-refractivity contribution >= 4 is 5.69 Å². The zero-order chi connectivity index (χ0) is 9.68. The first-order chi connectivity index (χ1) is 6.25. The molecule has 0 saturated heterocycles. The number of hydrogen-bond donors (Lipinski definition) is 1. The molecule has 0 aliphatic carbocycles. The maximum absolute atomic E-state index is 8.72. The van der Waals surface area contributed by atoms with E-state index in [4.69, 9.17) is 5.11 Å². The van der Waals surface area contributed by atoms with Crippen LogP contribution in [0.25, 0.3) is 0 Å². The summed E-state index contributed by atoms with van der Waals surface area (Å²) in [5, 5.41) is 8.72. The highest BCUT2D eigenvalue weighted by molar-refractivity contribution is 5.50. The Labute approximate surface area is 79.0 Å². The molecule has 0 unspecified atom stereocenters. The predicted octanol–water partition coefficient (Wildman–Crippen LogP) is 1.07. The SMILES string of the molecule is CN(C)c1ccncc1CCCO. The lowest BCUT2D eigenvalue weighted by Gasteiger charge is -2.16. The van der Waals surface area contributed by atoms with Gasteiger partial charge in [-0.15, -0.1) is 0 Å². The maximum atomic E-state index is 8.72. The van der Waals surface area contributed by atoms with E-state index in [0.717, 1.165) is 12.8 Å². The molecule has 0 fully saturated rings. The van der Waals surface area contributed by atoms with Gasteiger partial charge in [-0.05, 0) is 24.5 Å². The lowest BCUT2D eigenvalue weighted by atomic mass is 10.1. The summed E-state index contributed by atoms with van der Waals surface area (Å²) in [5.41, 5.74) is 2.38. The minimum Gasteiger partial charge on any atom is -0.396 e. The monoisotopic (exact) mass is 180 g/mol. The fourth-order valence-electron chi connectivity index (χ4n) is 1.32. The van der Waals surface area contributed by atoms with Gasteiger partial charge in [0.15, 0.2) is 0 Å². The van der Waals surface area contributed by atoms with E-state index in [2.05, 4.69) is 9.88 Å². The van der Waals surface area contributed by atoms with Crippen LogP contribution in [0.3, 0.4) is 0 Å². The van der Waals surface area contributed by atoms with Crippen LogP contribution in [0.2, 0.25) is 0 Å². The Morgan fingerprint density at radius 1 is 1.46 bits per heavy atom. The Morgan fingerprint density at radius 3 is 2.85 bits per heavy atom. The van der Waals surface area contributed by atoms with Crippen molar-refractivity contribution in [3.05, 3.63) is 24.0 Å². The average molecular weight is 180 g/mol. The van der Waals surface area contributed by atoms with Crippen molar-refractivity contribution < 1.29 is 5.11 Å². The van der Waals surface area contributed by atoms with Crippen LogP contribution in [-0.4, -0.2) is 30.8 Å². The molecule has 0 amide bonds. The average Bonchev–Trinajstić information content (AvgIpc) is 2.15. The highest BCUT2D eigenvalue weighted by atomic mass is 16.2. The lowest BCUT2D eigenvalue weighted by molar-refractivity contribution is 0.288. The van der Waals surface area contributed by atoms with Gasteiger partial charge >= 0.3 is 0 Å². The number of aromatic nitrogens is 1. The molecular formula is C10H16N2O. The third kappa shape index (κ3) is 2.70. The second kappa shape index (κ2) is 4.82. The summed E-state index contributed by atoms with van der Waals surface area (Å²) in [5.74, 6) is 0. The summed E-state index contributed by atoms with van der Waals surface area (Å²) < 4.78 is 0. The van der Waals surface area contributed by atoms with E-state index in [0.29, 0.717) is 0 Å². The summed E-state index contributed by atoms with van der Waals surface area (Å²) in [6.07, 6.45) is 5.34. The van der Waals surface area contributed by atoms with Gasteiger partial charge in [0.25, 0.3) is 0 Å². The number of pyridine rings is 1. The Morgan fingerprint density at radius 2 is 2.23 bits per heavy atom. The molecule has 0 aromatic carbocycles. The fourth-order valence-corrected chi connectivity index (χ4v) is 1.32. The topological polar surface area (TPSA) is 36.4 Å². The zero-order valence-electron chi connectivity index (χ0n) is 8.20. The lowest BCUT2D eigenvalue weighted by Crippen LogP contribution is -2.11. The first-order valence-corrected chi connectivity index (χ1v) is 4.46. The second-order valence-electron chi connectivity index (χ2n) is 3.23. The van der Waals surface area contributed by atoms with E-state index in [9.17, 15) is 0 Å². The third-order valence-electron chi connectivity index (χ3n) is 1.96. The summed E-state index contributed by atoms with van der Waals surface area (Å²) in [7, 11) is 4.02. The Hall–Kier alpha value is -1.09. The van der Waals surface area contributed by atoms with Crippen LogP contribution < -0.4 is 4.90 Å². The van der Waals surface area contributed by atoms with Crippen molar-refractivity contribution in [3.8, 4) is 0 Å². The normalized spacial score (nSPS) is 10.1. The molecule has 0 radical (unpaired) electrons. The molecule has 1 aromatic heterocycles. The van der Waals surface area contributed by atoms with Crippen LogP contribution in [0.5, 0.6) is 0 Å². The van der Waals surface area contributed by atoms with Crippen molar-refractivity contribution in [2.45, 2.75) is 12.8 Å². The third-order valence-corrected chi connectivity index (χ3v) is 1.96. The zero-order valence-corrected chi connectivity index (χ0v) is 8.20. The van der Waals surface area contributed by atoms with Crippen molar-refractivity contribution in [1.82, 2.24) is 4.98 Å². The van der Waals surface area contributed by atoms with Gasteiger partial charge in [-0.1, -0.05) is 0 Å². The molecule has 3 heteroatoms. The number of anilines is 1. The van der Waals surface area contributed by atoms with Crippen LogP contribution in [0, 0.1) is 0 Å². The van der Waals surface area contributed by atoms with Crippen LogP contribution in [0.1, 0.15) is 12.0 Å². The van der Waals surface area contributed by atoms with Gasteiger partial charge in [-0.2, -0.15) is 0 Å². The molecule has 1 N–H and O–H groups in total. The summed E-state index contributed by atoms with van der Waals surface area (Å²) in [6.45, 7) is 0.238. The number of aliphatic hydroxyl groups is 1. The van der Waals surface area contributed by atoms with Crippen LogP contribution in [-0.2, 0) is 6.42 Å². The van der Waals surface area contributed by atoms with Crippen LogP contribution in [0.15, 0.2) is 18.5 Å². The van der Waals surface area contributed by atoms with E-state index in [-0.39, 0.29) is 6.61 Å². The van der Waals surface area contributed by atoms with Gasteiger partial charge in [0.1, 0.15) is 0 Å². The van der Waals surface area contributed by atoms with Crippen molar-refractivity contribution in [2.24, 2.45) is 0 Å². The summed E-state index contributed by atoms with van der Waals surface area (Å²) in [6, 6.07) is 1.99. The number of aliphatic hydroxyl groups excluding tert-OH is 1. The van der Waals surface area contributed by atoms with E-state index in [1.165, 1.54) is 11.3 Å². The minimum absolute atomic E-state index is 0.238. The largest absolute Gasteiger partial charge is 0.396 e. The van der Waals surface area contributed by atoms with Gasteiger partial charge in [-0.3, -0.25) is 4.98 Å². The highest BCUT2D eigenvalue weighted by Gasteiger charge is 2.02. The van der Waals surface area contributed by atoms with Gasteiger partial charge < -0.3 is 10.0 Å². The molecule has 0 aliphatic rings. The van der Waals surface area contributed by atoms with Crippen molar-refractivity contribution in [1.29, 1.82) is 0 Å². The molecule has 0 spiro atoms. The second-order valence-corrected chi connectivity index (χ2v) is 3.23. The van der Waals surface area contributed by atoms with Gasteiger partial charge in [-0.25, -0.2) is 0 Å². The molecule has 0 saturated carbocycles. The Bertz CT molecular complexity index is 261. The molecule has 13 heavy (non-hydrogen) atoms. The molecule has 0 aliphatic heterocycles. The summed E-state index contributed by atoms with van der Waals surface area (Å²) in [4.78, 5) is 6.14. The first kappa shape index (κ1) is 9.99. The smallest absolute Gasteiger partial charge is 0.0434 e. The Balaban J connectivity index is 2.78. The first-order valence-electron chi connectivity index (χ1n) is 4.46. The number of aryl methyl sites for hydroxylation is 1. The van der Waals surface area contributed by atoms with Crippen molar-refractivity contribution in [2.75, 3.05) is 25.6 Å². The maximum Gasteiger partial charge on any atom is 0.0434 e. The van der Waals surface area contributed by atoms with E-state index in [1.807, 2.05) is 26.4 Å². The van der Waals surface area contributed by atoms with Crippen molar-refractivity contribution in [3.63, 3.8) is 0 Å². The number of hydrogen-bond acceptors (Lipinski definition) is 3. The van der Waals surface area contributed by atoms with Crippen LogP contribution in [0.4, 0.5) is 5.69 Å². The molecule has 3 nitrogen and oxygen atoms in total. The molecule has 0 atom stereocenters. The predicted molar refractivity (Wildman–Crippen MR) is 54.0 cm³/mol. The number of nitrogens with zero attached hydrogens (tertiary/aromatic N) is 2. The fraction of sp³-hybridized carbons (Fsp3) is 0.500. The van der Waals surface area contributed by atoms with Gasteiger partial charge in [0.05, 0.1) is 0 Å². The van der Waals surface area contributed by atoms with Gasteiger partial charge in [0.2, 0.25) is 0 Å². The van der Waals surface area contributed by atoms with E-state index < -0.39 is 0 Å². The molecule has 72 valence electrons. The van der Waals surface area contributed by atoms with Gasteiger partial charge in [0, 0.05) is 38.8 Å². The van der Waals surface area contributed by atoms with Crippen LogP contribution >= 0.6 is 0 Å². The molecular weight excluding hydrogens is 164 g/mol. The number of rotatable bonds is 4. The Kier molecular flexibility index (Phi) is 3.71. The molecule has 1 heterocycles. The minimum atomic E-state index is 0.238. The highest BCUT2D eigenvalue weighted by Crippen LogP contribution is 2.17.